The van der Waals surface area contributed by atoms with Crippen LogP contribution in [0, 0.1) is 0 Å². The Morgan fingerprint density at radius 3 is 1.14 bits per heavy atom. The topological polar surface area (TPSA) is 308 Å². The molecule has 64 heavy (non-hydrogen) atoms. The van der Waals surface area contributed by atoms with E-state index in [2.05, 4.69) is 25.1 Å². The van der Waals surface area contributed by atoms with Crippen molar-refractivity contribution in [2.45, 2.75) is 155 Å². The average Bonchev–Trinajstić information content (AvgIpc) is 3.23. The average molecular weight is 929 g/mol. The van der Waals surface area contributed by atoms with Gasteiger partial charge in [0.1, 0.15) is 11.9 Å². The van der Waals surface area contributed by atoms with Crippen molar-refractivity contribution in [3.63, 3.8) is 0 Å². The first kappa shape index (κ1) is 64.8. The van der Waals surface area contributed by atoms with Gasteiger partial charge < -0.3 is 45.1 Å². The summed E-state index contributed by atoms with van der Waals surface area (Å²) in [5.74, 6) is -8.48. The van der Waals surface area contributed by atoms with Gasteiger partial charge in [-0.1, -0.05) is 146 Å². The SMILES string of the molecule is CCCCCC(=O)O.CCCCCCCC(=O)O.CCCCCCCCCC(=O)O.O=C(O)C=Cc1ccccc1.O=C(O)CC(O)(CC(=O)O)C(=O)O.O=C(OCl)c1ccccc1. The predicted octanol–water partition coefficient (Wildman–Crippen LogP) is 9.83. The van der Waals surface area contributed by atoms with E-state index in [9.17, 15) is 38.4 Å². The van der Waals surface area contributed by atoms with Gasteiger partial charge in [-0.3, -0.25) is 24.0 Å². The smallest absolute Gasteiger partial charge is 0.356 e. The summed E-state index contributed by atoms with van der Waals surface area (Å²) in [7, 11) is 0. The zero-order chi connectivity index (χ0) is 49.6. The molecule has 0 atom stereocenters. The van der Waals surface area contributed by atoms with Crippen molar-refractivity contribution in [3.8, 4) is 0 Å². The Balaban J connectivity index is -0.000000339. The summed E-state index contributed by atoms with van der Waals surface area (Å²) in [5, 5.41) is 66.9. The normalized spacial score (nSPS) is 9.89. The van der Waals surface area contributed by atoms with Crippen molar-refractivity contribution < 1.29 is 83.5 Å². The number of aliphatic hydroxyl groups is 1. The fourth-order valence-electron chi connectivity index (χ4n) is 4.70. The maximum absolute atomic E-state index is 10.7. The molecule has 0 aliphatic carbocycles. The van der Waals surface area contributed by atoms with E-state index in [1.807, 2.05) is 36.4 Å². The first-order chi connectivity index (χ1) is 30.2. The van der Waals surface area contributed by atoms with Crippen molar-refractivity contribution in [3.05, 3.63) is 77.9 Å². The molecule has 0 unspecified atom stereocenters. The number of carboxylic acid groups (broad SMARTS) is 7. The number of carbonyl (C=O) groups is 8. The van der Waals surface area contributed by atoms with E-state index in [0.717, 1.165) is 56.6 Å². The largest absolute Gasteiger partial charge is 0.481 e. The first-order valence-electron chi connectivity index (χ1n) is 21.1. The maximum atomic E-state index is 10.7. The summed E-state index contributed by atoms with van der Waals surface area (Å²) in [6.45, 7) is 6.41. The van der Waals surface area contributed by atoms with Gasteiger partial charge in [-0.05, 0) is 43.0 Å². The lowest BCUT2D eigenvalue weighted by Crippen LogP contribution is -2.42. The molecule has 2 aromatic rings. The molecule has 0 radical (unpaired) electrons. The number of halogens is 1. The minimum Gasteiger partial charge on any atom is -0.481 e. The number of rotatable bonds is 26. The summed E-state index contributed by atoms with van der Waals surface area (Å²) in [6.07, 6.45) is 18.2. The van der Waals surface area contributed by atoms with Crippen molar-refractivity contribution in [1.82, 2.24) is 0 Å². The number of aliphatic carboxylic acids is 7. The van der Waals surface area contributed by atoms with E-state index in [4.69, 9.17) is 52.7 Å². The third kappa shape index (κ3) is 50.5. The second kappa shape index (κ2) is 45.2. The Morgan fingerprint density at radius 2 is 0.828 bits per heavy atom. The fourth-order valence-corrected chi connectivity index (χ4v) is 4.79. The number of benzene rings is 2. The van der Waals surface area contributed by atoms with Gasteiger partial charge in [0.2, 0.25) is 0 Å². The highest BCUT2D eigenvalue weighted by molar-refractivity contribution is 6.15. The van der Waals surface area contributed by atoms with E-state index in [-0.39, 0.29) is 0 Å². The Kier molecular flexibility index (Phi) is 45.8. The summed E-state index contributed by atoms with van der Waals surface area (Å²) in [5.41, 5.74) is -1.38. The monoisotopic (exact) mass is 928 g/mol. The van der Waals surface area contributed by atoms with Crippen LogP contribution in [0.4, 0.5) is 0 Å². The van der Waals surface area contributed by atoms with Crippen molar-refractivity contribution in [1.29, 1.82) is 0 Å². The first-order valence-corrected chi connectivity index (χ1v) is 21.4. The van der Waals surface area contributed by atoms with Gasteiger partial charge in [0.15, 0.2) is 5.60 Å². The fraction of sp³-hybridized carbons (Fsp3) is 0.522. The Labute approximate surface area is 380 Å². The quantitative estimate of drug-likeness (QED) is 0.0321. The summed E-state index contributed by atoms with van der Waals surface area (Å²) < 4.78 is 3.97. The van der Waals surface area contributed by atoms with Gasteiger partial charge in [-0.2, -0.15) is 0 Å². The molecule has 17 nitrogen and oxygen atoms in total. The number of carbonyl (C=O) groups excluding carboxylic acids is 1. The standard InChI is InChI=1S/C10H20O2.C9H8O2.C8H16O2.C7H5ClO2.C6H8O7.C6H12O2/c1-2-3-4-5-6-7-8-9-10(11)12;10-9(11)7-6-8-4-2-1-3-5-8;1-2-3-4-5-6-7-8(9)10;8-10-7(9)6-4-2-1-3-5-6;7-3(8)1-6(13,5(11)12)2-4(9)10;1-2-3-4-5-6(7)8/h2-9H2,1H3,(H,11,12);1-7H,(H,10,11);2-7H2,1H3,(H,9,10);1-5H;13H,1-2H2,(H,7,8)(H,9,10)(H,11,12);2-5H2,1H3,(H,7,8). The molecule has 0 amide bonds. The molecule has 0 aromatic heterocycles. The minimum absolute atomic E-state index is 0.327. The molecule has 0 aliphatic rings. The summed E-state index contributed by atoms with van der Waals surface area (Å²) in [6, 6.07) is 17.9. The van der Waals surface area contributed by atoms with E-state index in [1.165, 1.54) is 51.4 Å². The van der Waals surface area contributed by atoms with Crippen molar-refractivity contribution in [2.75, 3.05) is 0 Å². The van der Waals surface area contributed by atoms with Crippen LogP contribution in [-0.2, 0) is 37.9 Å². The lowest BCUT2D eigenvalue weighted by Gasteiger charge is -2.18. The number of carboxylic acids is 7. The highest BCUT2D eigenvalue weighted by Crippen LogP contribution is 2.16. The van der Waals surface area contributed by atoms with Crippen LogP contribution in [0.2, 0.25) is 0 Å². The van der Waals surface area contributed by atoms with Crippen LogP contribution < -0.4 is 0 Å². The third-order valence-electron chi connectivity index (χ3n) is 8.07. The van der Waals surface area contributed by atoms with E-state index in [1.54, 1.807) is 30.3 Å². The molecule has 2 rings (SSSR count). The van der Waals surface area contributed by atoms with Crippen LogP contribution in [-0.4, -0.2) is 94.2 Å². The highest BCUT2D eigenvalue weighted by atomic mass is 35.5. The molecule has 0 heterocycles. The van der Waals surface area contributed by atoms with Gasteiger partial charge in [0, 0.05) is 25.3 Å². The van der Waals surface area contributed by atoms with Crippen molar-refractivity contribution >= 4 is 65.7 Å². The highest BCUT2D eigenvalue weighted by Gasteiger charge is 2.40. The number of unbranched alkanes of at least 4 members (excludes halogenated alkanes) is 12. The summed E-state index contributed by atoms with van der Waals surface area (Å²) >= 11 is 4.84. The van der Waals surface area contributed by atoms with Gasteiger partial charge in [-0.15, -0.1) is 0 Å². The van der Waals surface area contributed by atoms with E-state index < -0.39 is 66.2 Å². The second-order valence-corrected chi connectivity index (χ2v) is 14.1. The molecule has 0 spiro atoms. The predicted molar refractivity (Wildman–Crippen MR) is 241 cm³/mol. The summed E-state index contributed by atoms with van der Waals surface area (Å²) in [4.78, 5) is 81.3. The van der Waals surface area contributed by atoms with Gasteiger partial charge in [0.05, 0.1) is 18.4 Å². The molecule has 362 valence electrons. The lowest BCUT2D eigenvalue weighted by molar-refractivity contribution is -0.170. The molecule has 0 bridgehead atoms. The Morgan fingerprint density at radius 1 is 0.500 bits per heavy atom. The van der Waals surface area contributed by atoms with Crippen LogP contribution in [0.15, 0.2) is 66.7 Å². The Bertz CT molecular complexity index is 1570. The number of hydrogen-bond acceptors (Lipinski definition) is 10. The molecule has 0 saturated heterocycles. The minimum atomic E-state index is -2.74. The van der Waals surface area contributed by atoms with Gasteiger partial charge in [0.25, 0.3) is 0 Å². The third-order valence-corrected chi connectivity index (χ3v) is 8.21. The molecule has 18 heteroatoms. The molecule has 0 saturated carbocycles. The molecule has 0 aliphatic heterocycles. The maximum Gasteiger partial charge on any atom is 0.356 e. The Hall–Kier alpha value is -5.81. The van der Waals surface area contributed by atoms with Crippen LogP contribution in [0.25, 0.3) is 6.08 Å². The van der Waals surface area contributed by atoms with Crippen molar-refractivity contribution in [2.24, 2.45) is 0 Å². The molecule has 2 aromatic carbocycles. The van der Waals surface area contributed by atoms with Crippen LogP contribution in [0.5, 0.6) is 0 Å². The lowest BCUT2D eigenvalue weighted by atomic mass is 9.96. The number of hydrogen-bond donors (Lipinski definition) is 8. The molecule has 8 N–H and O–H groups in total. The van der Waals surface area contributed by atoms with E-state index in [0.29, 0.717) is 24.8 Å². The molecular weight excluding hydrogens is 860 g/mol. The zero-order valence-corrected chi connectivity index (χ0v) is 38.0. The van der Waals surface area contributed by atoms with E-state index >= 15 is 0 Å². The second-order valence-electron chi connectivity index (χ2n) is 14.0. The van der Waals surface area contributed by atoms with Crippen LogP contribution in [0.1, 0.15) is 165 Å². The van der Waals surface area contributed by atoms with Crippen LogP contribution in [0.3, 0.4) is 0 Å². The molecule has 0 fully saturated rings. The molecular formula is C46H69ClO17. The van der Waals surface area contributed by atoms with Gasteiger partial charge in [-0.25, -0.2) is 14.4 Å². The van der Waals surface area contributed by atoms with Crippen LogP contribution >= 0.6 is 11.9 Å². The van der Waals surface area contributed by atoms with Gasteiger partial charge >= 0.3 is 47.8 Å². The zero-order valence-electron chi connectivity index (χ0n) is 37.2.